The molecule has 2 N–H and O–H groups in total. The van der Waals surface area contributed by atoms with Crippen LogP contribution in [0.25, 0.3) is 0 Å². The molecule has 1 heterocycles. The van der Waals surface area contributed by atoms with Gasteiger partial charge in [-0.15, -0.1) is 0 Å². The summed E-state index contributed by atoms with van der Waals surface area (Å²) in [6.45, 7) is 3.20. The predicted molar refractivity (Wildman–Crippen MR) is 74.6 cm³/mol. The van der Waals surface area contributed by atoms with Crippen LogP contribution in [0.4, 0.5) is 8.78 Å². The van der Waals surface area contributed by atoms with Crippen molar-refractivity contribution in [3.63, 3.8) is 0 Å². The van der Waals surface area contributed by atoms with E-state index in [-0.39, 0.29) is 17.8 Å². The van der Waals surface area contributed by atoms with Crippen molar-refractivity contribution in [3.05, 3.63) is 28.8 Å². The van der Waals surface area contributed by atoms with Gasteiger partial charge in [0.25, 0.3) is 0 Å². The van der Waals surface area contributed by atoms with Crippen LogP contribution < -0.4 is 10.1 Å². The highest BCUT2D eigenvalue weighted by Crippen LogP contribution is 2.27. The second-order valence-corrected chi connectivity index (χ2v) is 5.69. The van der Waals surface area contributed by atoms with Gasteiger partial charge >= 0.3 is 6.61 Å². The van der Waals surface area contributed by atoms with E-state index in [1.165, 1.54) is 0 Å². The first-order valence-electron chi connectivity index (χ1n) is 6.90. The zero-order valence-electron chi connectivity index (χ0n) is 12.3. The van der Waals surface area contributed by atoms with Crippen molar-refractivity contribution in [2.24, 2.45) is 5.41 Å². The largest absolute Gasteiger partial charge is 0.434 e. The van der Waals surface area contributed by atoms with Crippen LogP contribution in [0.3, 0.4) is 0 Å². The standard InChI is InChI=1S/C15H21F2NO3/c1-10-3-12(4-11(2)13(10)21-14(16)17)5-18-6-15(7-19)8-20-9-15/h3-4,14,18-19H,5-9H2,1-2H3. The van der Waals surface area contributed by atoms with Crippen molar-refractivity contribution in [2.45, 2.75) is 27.0 Å². The second-order valence-electron chi connectivity index (χ2n) is 5.69. The minimum absolute atomic E-state index is 0.0965. The number of rotatable bonds is 7. The van der Waals surface area contributed by atoms with Crippen molar-refractivity contribution in [1.29, 1.82) is 0 Å². The number of benzene rings is 1. The number of aryl methyl sites for hydroxylation is 2. The Morgan fingerprint density at radius 2 is 1.95 bits per heavy atom. The third-order valence-electron chi connectivity index (χ3n) is 3.71. The van der Waals surface area contributed by atoms with Gasteiger partial charge in [-0.3, -0.25) is 0 Å². The fourth-order valence-corrected chi connectivity index (χ4v) is 2.53. The zero-order valence-corrected chi connectivity index (χ0v) is 12.3. The van der Waals surface area contributed by atoms with E-state index in [0.29, 0.717) is 37.4 Å². The monoisotopic (exact) mass is 301 g/mol. The Morgan fingerprint density at radius 3 is 2.38 bits per heavy atom. The van der Waals surface area contributed by atoms with Gasteiger partial charge in [-0.1, -0.05) is 12.1 Å². The summed E-state index contributed by atoms with van der Waals surface area (Å²) in [4.78, 5) is 0. The number of nitrogens with one attached hydrogen (secondary N) is 1. The van der Waals surface area contributed by atoms with Crippen molar-refractivity contribution < 1.29 is 23.4 Å². The third-order valence-corrected chi connectivity index (χ3v) is 3.71. The molecule has 4 nitrogen and oxygen atoms in total. The normalized spacial score (nSPS) is 16.9. The van der Waals surface area contributed by atoms with Gasteiger partial charge in [-0.25, -0.2) is 0 Å². The third kappa shape index (κ3) is 3.90. The lowest BCUT2D eigenvalue weighted by Crippen LogP contribution is -2.52. The van der Waals surface area contributed by atoms with Crippen molar-refractivity contribution >= 4 is 0 Å². The predicted octanol–water partition coefficient (Wildman–Crippen LogP) is 2.00. The number of aliphatic hydroxyl groups is 1. The molecule has 1 fully saturated rings. The van der Waals surface area contributed by atoms with Gasteiger partial charge in [0.1, 0.15) is 5.75 Å². The first kappa shape index (κ1) is 16.1. The van der Waals surface area contributed by atoms with E-state index < -0.39 is 6.61 Å². The van der Waals surface area contributed by atoms with E-state index in [1.807, 2.05) is 12.1 Å². The summed E-state index contributed by atoms with van der Waals surface area (Å²) in [6, 6.07) is 3.67. The fourth-order valence-electron chi connectivity index (χ4n) is 2.53. The highest BCUT2D eigenvalue weighted by atomic mass is 19.3. The highest BCUT2D eigenvalue weighted by Gasteiger charge is 2.37. The van der Waals surface area contributed by atoms with Gasteiger partial charge in [0.05, 0.1) is 25.2 Å². The molecule has 0 aliphatic carbocycles. The Kier molecular flexibility index (Phi) is 5.13. The van der Waals surface area contributed by atoms with E-state index in [0.717, 1.165) is 5.56 Å². The maximum atomic E-state index is 12.3. The fraction of sp³-hybridized carbons (Fsp3) is 0.600. The summed E-state index contributed by atoms with van der Waals surface area (Å²) in [5.74, 6) is 0.243. The topological polar surface area (TPSA) is 50.7 Å². The number of hydrogen-bond acceptors (Lipinski definition) is 4. The maximum Gasteiger partial charge on any atom is 0.387 e. The molecule has 0 bridgehead atoms. The summed E-state index contributed by atoms with van der Waals surface area (Å²) >= 11 is 0. The lowest BCUT2D eigenvalue weighted by atomic mass is 9.87. The molecule has 0 aromatic heterocycles. The molecule has 6 heteroatoms. The molecule has 1 aliphatic rings. The lowest BCUT2D eigenvalue weighted by Gasteiger charge is -2.40. The molecular weight excluding hydrogens is 280 g/mol. The minimum Gasteiger partial charge on any atom is -0.434 e. The maximum absolute atomic E-state index is 12.3. The molecule has 21 heavy (non-hydrogen) atoms. The van der Waals surface area contributed by atoms with Crippen LogP contribution in [0.5, 0.6) is 5.75 Å². The van der Waals surface area contributed by atoms with Gasteiger partial charge in [0.15, 0.2) is 0 Å². The van der Waals surface area contributed by atoms with Gasteiger partial charge in [-0.05, 0) is 30.5 Å². The lowest BCUT2D eigenvalue weighted by molar-refractivity contribution is -0.134. The first-order valence-corrected chi connectivity index (χ1v) is 6.90. The molecule has 0 radical (unpaired) electrons. The van der Waals surface area contributed by atoms with E-state index in [1.54, 1.807) is 13.8 Å². The van der Waals surface area contributed by atoms with Crippen LogP contribution >= 0.6 is 0 Å². The highest BCUT2D eigenvalue weighted by molar-refractivity contribution is 5.43. The quantitative estimate of drug-likeness (QED) is 0.809. The van der Waals surface area contributed by atoms with Gasteiger partial charge in [0, 0.05) is 13.1 Å². The van der Waals surface area contributed by atoms with E-state index in [9.17, 15) is 13.9 Å². The van der Waals surface area contributed by atoms with Gasteiger partial charge in [0.2, 0.25) is 0 Å². The molecular formula is C15H21F2NO3. The van der Waals surface area contributed by atoms with Crippen LogP contribution in [0, 0.1) is 19.3 Å². The molecule has 1 aromatic carbocycles. The zero-order chi connectivity index (χ0) is 15.5. The van der Waals surface area contributed by atoms with E-state index in [2.05, 4.69) is 10.1 Å². The molecule has 0 atom stereocenters. The Balaban J connectivity index is 1.95. The Bertz CT molecular complexity index is 461. The minimum atomic E-state index is -2.81. The smallest absolute Gasteiger partial charge is 0.387 e. The van der Waals surface area contributed by atoms with Crippen molar-refractivity contribution in [3.8, 4) is 5.75 Å². The summed E-state index contributed by atoms with van der Waals surface area (Å²) < 4.78 is 34.3. The Hall–Kier alpha value is -1.24. The summed E-state index contributed by atoms with van der Waals surface area (Å²) in [6.07, 6.45) is 0. The number of alkyl halides is 2. The summed E-state index contributed by atoms with van der Waals surface area (Å²) in [5.41, 5.74) is 2.20. The van der Waals surface area contributed by atoms with Gasteiger partial charge in [-0.2, -0.15) is 8.78 Å². The molecule has 118 valence electrons. The van der Waals surface area contributed by atoms with Crippen LogP contribution in [0.2, 0.25) is 0 Å². The van der Waals surface area contributed by atoms with Crippen LogP contribution in [-0.4, -0.2) is 38.1 Å². The van der Waals surface area contributed by atoms with Crippen LogP contribution in [0.1, 0.15) is 16.7 Å². The number of hydrogen-bond donors (Lipinski definition) is 2. The summed E-state index contributed by atoms with van der Waals surface area (Å²) in [7, 11) is 0. The molecule has 0 unspecified atom stereocenters. The SMILES string of the molecule is Cc1cc(CNCC2(CO)COC2)cc(C)c1OC(F)F. The molecule has 1 saturated heterocycles. The van der Waals surface area contributed by atoms with Crippen LogP contribution in [-0.2, 0) is 11.3 Å². The molecule has 1 aromatic rings. The Morgan fingerprint density at radius 1 is 1.33 bits per heavy atom. The second kappa shape index (κ2) is 6.68. The average molecular weight is 301 g/mol. The van der Waals surface area contributed by atoms with Gasteiger partial charge < -0.3 is 19.9 Å². The molecule has 1 aliphatic heterocycles. The number of ether oxygens (including phenoxy) is 2. The first-order chi connectivity index (χ1) is 9.96. The van der Waals surface area contributed by atoms with Crippen LogP contribution in [0.15, 0.2) is 12.1 Å². The van der Waals surface area contributed by atoms with E-state index >= 15 is 0 Å². The van der Waals surface area contributed by atoms with E-state index in [4.69, 9.17) is 4.74 Å². The molecule has 0 amide bonds. The Labute approximate surface area is 123 Å². The van der Waals surface area contributed by atoms with Crippen molar-refractivity contribution in [1.82, 2.24) is 5.32 Å². The number of aliphatic hydroxyl groups excluding tert-OH is 1. The number of halogens is 2. The molecule has 2 rings (SSSR count). The molecule has 0 saturated carbocycles. The summed E-state index contributed by atoms with van der Waals surface area (Å²) in [5, 5.41) is 12.6. The van der Waals surface area contributed by atoms with Crippen molar-refractivity contribution in [2.75, 3.05) is 26.4 Å². The molecule has 0 spiro atoms. The average Bonchev–Trinajstić information content (AvgIpc) is 2.37.